The molecule has 1 N–H and O–H groups in total. The van der Waals surface area contributed by atoms with Crippen LogP contribution < -0.4 is 0 Å². The molecular weight excluding hydrogens is 314 g/mol. The van der Waals surface area contributed by atoms with Crippen molar-refractivity contribution < 1.29 is 9.90 Å². The maximum atomic E-state index is 12.4. The normalized spacial score (nSPS) is 29.4. The smallest absolute Gasteiger partial charge is 0.225 e. The van der Waals surface area contributed by atoms with Crippen molar-refractivity contribution in [3.63, 3.8) is 0 Å². The summed E-state index contributed by atoms with van der Waals surface area (Å²) >= 11 is 0. The number of aromatic nitrogens is 2. The fraction of sp³-hybridized carbons (Fsp3) is 0.800. The van der Waals surface area contributed by atoms with Crippen molar-refractivity contribution in [2.75, 3.05) is 13.1 Å². The molecule has 2 heterocycles. The summed E-state index contributed by atoms with van der Waals surface area (Å²) < 4.78 is 2.21. The summed E-state index contributed by atoms with van der Waals surface area (Å²) in [6.07, 6.45) is 10.1. The number of aliphatic hydroxyl groups is 1. The van der Waals surface area contributed by atoms with E-state index in [1.807, 2.05) is 11.2 Å². The standard InChI is InChI=1S/C20H31N3O2/c1-19(2,3)23-10-17(21-13-23)14-4-6-20(7-5-14)11-22(12-20)18(25)15-8-16(24)9-15/h10,13-16,24H,4-9,11-12H2,1-3H3. The van der Waals surface area contributed by atoms with Crippen LogP contribution in [0.4, 0.5) is 0 Å². The number of nitrogens with zero attached hydrogens (tertiary/aromatic N) is 3. The van der Waals surface area contributed by atoms with E-state index in [-0.39, 0.29) is 23.5 Å². The lowest BCUT2D eigenvalue weighted by atomic mass is 9.65. The number of likely N-dealkylation sites (tertiary alicyclic amines) is 1. The number of hydrogen-bond acceptors (Lipinski definition) is 3. The summed E-state index contributed by atoms with van der Waals surface area (Å²) in [5.74, 6) is 0.938. The fourth-order valence-electron chi connectivity index (χ4n) is 4.72. The van der Waals surface area contributed by atoms with Crippen LogP contribution in [0.15, 0.2) is 12.5 Å². The fourth-order valence-corrected chi connectivity index (χ4v) is 4.72. The van der Waals surface area contributed by atoms with Crippen LogP contribution in [0.5, 0.6) is 0 Å². The average molecular weight is 345 g/mol. The Kier molecular flexibility index (Phi) is 3.98. The highest BCUT2D eigenvalue weighted by molar-refractivity contribution is 5.80. The van der Waals surface area contributed by atoms with E-state index in [0.29, 0.717) is 24.2 Å². The van der Waals surface area contributed by atoms with E-state index in [9.17, 15) is 9.90 Å². The van der Waals surface area contributed by atoms with Gasteiger partial charge in [-0.05, 0) is 59.3 Å². The molecule has 5 heteroatoms. The molecule has 1 saturated heterocycles. The third-order valence-corrected chi connectivity index (χ3v) is 6.67. The quantitative estimate of drug-likeness (QED) is 0.897. The van der Waals surface area contributed by atoms with Gasteiger partial charge in [-0.2, -0.15) is 0 Å². The minimum Gasteiger partial charge on any atom is -0.393 e. The molecule has 1 aromatic rings. The molecule has 5 nitrogen and oxygen atoms in total. The van der Waals surface area contributed by atoms with Gasteiger partial charge in [0.2, 0.25) is 5.91 Å². The van der Waals surface area contributed by atoms with Crippen molar-refractivity contribution in [2.24, 2.45) is 11.3 Å². The summed E-state index contributed by atoms with van der Waals surface area (Å²) in [5.41, 5.74) is 1.69. The van der Waals surface area contributed by atoms with Crippen LogP contribution in [0.25, 0.3) is 0 Å². The number of carbonyl (C=O) groups is 1. The first-order valence-corrected chi connectivity index (χ1v) is 9.77. The van der Waals surface area contributed by atoms with Gasteiger partial charge in [0.15, 0.2) is 0 Å². The van der Waals surface area contributed by atoms with Crippen LogP contribution in [0.3, 0.4) is 0 Å². The van der Waals surface area contributed by atoms with Gasteiger partial charge in [0, 0.05) is 42.1 Å². The number of amides is 1. The summed E-state index contributed by atoms with van der Waals surface area (Å²) in [7, 11) is 0. The maximum Gasteiger partial charge on any atom is 0.225 e. The van der Waals surface area contributed by atoms with Crippen molar-refractivity contribution in [3.05, 3.63) is 18.2 Å². The van der Waals surface area contributed by atoms with E-state index in [1.54, 1.807) is 0 Å². The molecule has 3 aliphatic rings. The molecule has 2 aliphatic carbocycles. The van der Waals surface area contributed by atoms with E-state index < -0.39 is 0 Å². The van der Waals surface area contributed by atoms with Crippen molar-refractivity contribution >= 4 is 5.91 Å². The Balaban J connectivity index is 1.29. The van der Waals surface area contributed by atoms with Gasteiger partial charge in [0.05, 0.1) is 18.1 Å². The highest BCUT2D eigenvalue weighted by Crippen LogP contribution is 2.49. The number of hydrogen-bond donors (Lipinski definition) is 1. The first-order valence-electron chi connectivity index (χ1n) is 9.77. The second kappa shape index (κ2) is 5.83. The lowest BCUT2D eigenvalue weighted by Gasteiger charge is -2.54. The Morgan fingerprint density at radius 3 is 2.40 bits per heavy atom. The van der Waals surface area contributed by atoms with Gasteiger partial charge in [-0.3, -0.25) is 4.79 Å². The second-order valence-electron chi connectivity index (χ2n) is 9.67. The Morgan fingerprint density at radius 1 is 1.24 bits per heavy atom. The summed E-state index contributed by atoms with van der Waals surface area (Å²) in [6.45, 7) is 8.48. The average Bonchev–Trinajstić information content (AvgIpc) is 2.99. The van der Waals surface area contributed by atoms with Gasteiger partial charge < -0.3 is 14.6 Å². The molecule has 25 heavy (non-hydrogen) atoms. The van der Waals surface area contributed by atoms with E-state index in [0.717, 1.165) is 13.1 Å². The van der Waals surface area contributed by atoms with Gasteiger partial charge in [-0.25, -0.2) is 4.98 Å². The van der Waals surface area contributed by atoms with E-state index >= 15 is 0 Å². The third kappa shape index (κ3) is 3.12. The molecular formula is C20H31N3O2. The number of rotatable bonds is 2. The minimum atomic E-state index is -0.243. The van der Waals surface area contributed by atoms with Gasteiger partial charge in [0.25, 0.3) is 0 Å². The Hall–Kier alpha value is -1.36. The second-order valence-corrected chi connectivity index (χ2v) is 9.67. The van der Waals surface area contributed by atoms with Crippen molar-refractivity contribution in [1.29, 1.82) is 0 Å². The predicted molar refractivity (Wildman–Crippen MR) is 96.2 cm³/mol. The van der Waals surface area contributed by atoms with Crippen LogP contribution >= 0.6 is 0 Å². The van der Waals surface area contributed by atoms with Gasteiger partial charge >= 0.3 is 0 Å². The molecule has 0 atom stereocenters. The third-order valence-electron chi connectivity index (χ3n) is 6.67. The lowest BCUT2D eigenvalue weighted by molar-refractivity contribution is -0.157. The van der Waals surface area contributed by atoms with Crippen LogP contribution in [0.1, 0.15) is 70.9 Å². The van der Waals surface area contributed by atoms with E-state index in [2.05, 4.69) is 36.5 Å². The summed E-state index contributed by atoms with van der Waals surface area (Å²) in [5, 5.41) is 9.39. The monoisotopic (exact) mass is 345 g/mol. The molecule has 1 spiro atoms. The van der Waals surface area contributed by atoms with Gasteiger partial charge in [-0.1, -0.05) is 0 Å². The van der Waals surface area contributed by atoms with E-state index in [1.165, 1.54) is 31.4 Å². The van der Waals surface area contributed by atoms with Gasteiger partial charge in [-0.15, -0.1) is 0 Å². The zero-order valence-corrected chi connectivity index (χ0v) is 15.7. The molecule has 3 fully saturated rings. The predicted octanol–water partition coefficient (Wildman–Crippen LogP) is 2.90. The molecule has 2 saturated carbocycles. The topological polar surface area (TPSA) is 58.4 Å². The Morgan fingerprint density at radius 2 is 1.88 bits per heavy atom. The van der Waals surface area contributed by atoms with Crippen LogP contribution in [0.2, 0.25) is 0 Å². The van der Waals surface area contributed by atoms with E-state index in [4.69, 9.17) is 0 Å². The first-order chi connectivity index (χ1) is 11.8. The van der Waals surface area contributed by atoms with Crippen molar-refractivity contribution in [1.82, 2.24) is 14.5 Å². The summed E-state index contributed by atoms with van der Waals surface area (Å²) in [4.78, 5) is 19.1. The molecule has 0 radical (unpaired) electrons. The molecule has 138 valence electrons. The summed E-state index contributed by atoms with van der Waals surface area (Å²) in [6, 6.07) is 0. The number of carbonyl (C=O) groups excluding carboxylic acids is 1. The highest BCUT2D eigenvalue weighted by atomic mass is 16.3. The number of imidazole rings is 1. The Labute approximate surface area is 150 Å². The molecule has 0 unspecified atom stereocenters. The van der Waals surface area contributed by atoms with Crippen LogP contribution in [-0.4, -0.2) is 44.7 Å². The SMILES string of the molecule is CC(C)(C)n1cnc(C2CCC3(CC2)CN(C(=O)C2CC(O)C2)C3)c1. The molecule has 1 aliphatic heterocycles. The maximum absolute atomic E-state index is 12.4. The molecule has 0 aromatic carbocycles. The zero-order chi connectivity index (χ0) is 17.8. The van der Waals surface area contributed by atoms with Gasteiger partial charge in [0.1, 0.15) is 0 Å². The highest BCUT2D eigenvalue weighted by Gasteiger charge is 2.49. The van der Waals surface area contributed by atoms with Crippen molar-refractivity contribution in [3.8, 4) is 0 Å². The molecule has 4 rings (SSSR count). The molecule has 1 aromatic heterocycles. The number of aliphatic hydroxyl groups excluding tert-OH is 1. The first kappa shape index (κ1) is 17.1. The Bertz CT molecular complexity index is 638. The molecule has 0 bridgehead atoms. The largest absolute Gasteiger partial charge is 0.393 e. The minimum absolute atomic E-state index is 0.0880. The van der Waals surface area contributed by atoms with Crippen LogP contribution in [0, 0.1) is 11.3 Å². The lowest BCUT2D eigenvalue weighted by Crippen LogP contribution is -2.61. The zero-order valence-electron chi connectivity index (χ0n) is 15.7. The molecule has 1 amide bonds. The van der Waals surface area contributed by atoms with Crippen LogP contribution in [-0.2, 0) is 10.3 Å². The van der Waals surface area contributed by atoms with Crippen molar-refractivity contribution in [2.45, 2.75) is 76.9 Å².